The van der Waals surface area contributed by atoms with Crippen LogP contribution in [0.4, 0.5) is 10.4 Å². The van der Waals surface area contributed by atoms with Crippen molar-refractivity contribution in [2.45, 2.75) is 46.0 Å². The fraction of sp³-hybridized carbons (Fsp3) is 0.389. The number of nitrogens with zero attached hydrogens (tertiary/aromatic N) is 1. The van der Waals surface area contributed by atoms with E-state index in [2.05, 4.69) is 22.5 Å². The molecule has 0 radical (unpaired) electrons. The summed E-state index contributed by atoms with van der Waals surface area (Å²) in [4.78, 5) is 28.3. The Labute approximate surface area is 148 Å². The molecule has 1 aromatic heterocycles. The molecule has 24 heavy (non-hydrogen) atoms. The Balaban J connectivity index is 1.87. The van der Waals surface area contributed by atoms with Crippen LogP contribution in [0.15, 0.2) is 30.5 Å². The van der Waals surface area contributed by atoms with Gasteiger partial charge in [-0.25, -0.2) is 0 Å². The second kappa shape index (κ2) is 9.40. The standard InChI is InChI=1S/C18H23N3O2Se/c1-3-4-5-6-11-16(22)21-18-19-12-15(24-18)17(23)20-14-10-8-7-9-13(14)2/h7-10,12H,3-6,11H2,1-2H3,(H,20,23)(H,19,21,22). The zero-order valence-corrected chi connectivity index (χ0v) is 15.8. The topological polar surface area (TPSA) is 71.1 Å². The van der Waals surface area contributed by atoms with Crippen LogP contribution in [0.5, 0.6) is 0 Å². The molecular weight excluding hydrogens is 369 g/mol. The van der Waals surface area contributed by atoms with Crippen LogP contribution in [0.1, 0.15) is 53.8 Å². The summed E-state index contributed by atoms with van der Waals surface area (Å²) in [7, 11) is 0. The number of carbonyl (C=O) groups excluding carboxylic acids is 2. The summed E-state index contributed by atoms with van der Waals surface area (Å²) in [6.07, 6.45) is 6.35. The van der Waals surface area contributed by atoms with Gasteiger partial charge in [-0.2, -0.15) is 0 Å². The van der Waals surface area contributed by atoms with Gasteiger partial charge in [0.25, 0.3) is 0 Å². The Morgan fingerprint density at radius 3 is 2.67 bits per heavy atom. The van der Waals surface area contributed by atoms with Crippen molar-refractivity contribution in [1.82, 2.24) is 4.98 Å². The second-order valence-corrected chi connectivity index (χ2v) is 7.82. The van der Waals surface area contributed by atoms with Crippen LogP contribution < -0.4 is 10.6 Å². The average molecular weight is 392 g/mol. The van der Waals surface area contributed by atoms with Gasteiger partial charge in [-0.1, -0.05) is 0 Å². The Hall–Kier alpha value is -1.91. The molecule has 0 unspecified atom stereocenters. The van der Waals surface area contributed by atoms with Gasteiger partial charge in [0.1, 0.15) is 0 Å². The number of aryl methyl sites for hydroxylation is 1. The van der Waals surface area contributed by atoms with Gasteiger partial charge < -0.3 is 0 Å². The quantitative estimate of drug-likeness (QED) is 0.533. The summed E-state index contributed by atoms with van der Waals surface area (Å²) in [5, 5.41) is 5.72. The van der Waals surface area contributed by atoms with Gasteiger partial charge in [0.15, 0.2) is 0 Å². The zero-order chi connectivity index (χ0) is 17.4. The number of anilines is 2. The molecule has 2 N–H and O–H groups in total. The van der Waals surface area contributed by atoms with Gasteiger partial charge in [0, 0.05) is 0 Å². The molecule has 1 heterocycles. The molecular formula is C18H23N3O2Se. The van der Waals surface area contributed by atoms with E-state index in [0.717, 1.165) is 36.9 Å². The van der Waals surface area contributed by atoms with Gasteiger partial charge in [0.2, 0.25) is 0 Å². The van der Waals surface area contributed by atoms with Crippen molar-refractivity contribution in [3.05, 3.63) is 40.5 Å². The number of aromatic nitrogens is 1. The Morgan fingerprint density at radius 2 is 1.92 bits per heavy atom. The molecule has 5 nitrogen and oxygen atoms in total. The van der Waals surface area contributed by atoms with E-state index < -0.39 is 0 Å². The molecule has 2 rings (SSSR count). The molecule has 0 atom stereocenters. The SMILES string of the molecule is CCCCCCC(=O)Nc1ncc(C(=O)Nc2ccccc2C)[se]1. The molecule has 0 saturated carbocycles. The Bertz CT molecular complexity index is 697. The minimum atomic E-state index is -0.258. The summed E-state index contributed by atoms with van der Waals surface area (Å²) >= 11 is -0.258. The molecule has 1 aromatic carbocycles. The first kappa shape index (κ1) is 18.4. The molecule has 128 valence electrons. The number of unbranched alkanes of at least 4 members (excludes halogenated alkanes) is 3. The molecule has 0 saturated heterocycles. The first-order chi connectivity index (χ1) is 11.6. The first-order valence-corrected chi connectivity index (χ1v) is 9.94. The molecule has 0 aliphatic heterocycles. The van der Waals surface area contributed by atoms with E-state index in [-0.39, 0.29) is 26.3 Å². The molecule has 0 spiro atoms. The van der Waals surface area contributed by atoms with E-state index in [1.807, 2.05) is 31.2 Å². The van der Waals surface area contributed by atoms with E-state index in [1.54, 1.807) is 6.20 Å². The van der Waals surface area contributed by atoms with E-state index in [1.165, 1.54) is 0 Å². The predicted molar refractivity (Wildman–Crippen MR) is 97.7 cm³/mol. The molecule has 0 fully saturated rings. The molecule has 6 heteroatoms. The number of benzene rings is 1. The maximum absolute atomic E-state index is 12.3. The van der Waals surface area contributed by atoms with Crippen molar-refractivity contribution in [1.29, 1.82) is 0 Å². The number of para-hydroxylation sites is 1. The zero-order valence-electron chi connectivity index (χ0n) is 14.1. The van der Waals surface area contributed by atoms with Gasteiger partial charge in [0.05, 0.1) is 0 Å². The van der Waals surface area contributed by atoms with Crippen LogP contribution in [0.25, 0.3) is 0 Å². The fourth-order valence-corrected chi connectivity index (χ4v) is 3.75. The van der Waals surface area contributed by atoms with Crippen LogP contribution in [-0.2, 0) is 4.79 Å². The van der Waals surface area contributed by atoms with Crippen LogP contribution in [0, 0.1) is 6.92 Å². The number of hydrogen-bond acceptors (Lipinski definition) is 3. The van der Waals surface area contributed by atoms with Crippen LogP contribution >= 0.6 is 0 Å². The van der Waals surface area contributed by atoms with Gasteiger partial charge in [-0.3, -0.25) is 0 Å². The monoisotopic (exact) mass is 393 g/mol. The van der Waals surface area contributed by atoms with Crippen molar-refractivity contribution in [2.75, 3.05) is 10.6 Å². The maximum atomic E-state index is 12.3. The summed E-state index contributed by atoms with van der Waals surface area (Å²) in [5.41, 5.74) is 1.81. The molecule has 2 aromatic rings. The summed E-state index contributed by atoms with van der Waals surface area (Å²) < 4.78 is 1.23. The van der Waals surface area contributed by atoms with E-state index in [0.29, 0.717) is 15.5 Å². The third-order valence-corrected chi connectivity index (χ3v) is 5.54. The summed E-state index contributed by atoms with van der Waals surface area (Å²) in [6.45, 7) is 4.09. The molecule has 0 aliphatic carbocycles. The normalized spacial score (nSPS) is 10.4. The number of amides is 2. The summed E-state index contributed by atoms with van der Waals surface area (Å²) in [5.74, 6) is -0.166. The van der Waals surface area contributed by atoms with E-state index >= 15 is 0 Å². The fourth-order valence-electron chi connectivity index (χ4n) is 2.23. The molecule has 0 bridgehead atoms. The third kappa shape index (κ3) is 5.62. The molecule has 0 aliphatic rings. The van der Waals surface area contributed by atoms with Gasteiger partial charge in [-0.05, 0) is 0 Å². The average Bonchev–Trinajstić information content (AvgIpc) is 3.02. The van der Waals surface area contributed by atoms with Crippen LogP contribution in [0.2, 0.25) is 0 Å². The summed E-state index contributed by atoms with van der Waals surface area (Å²) in [6, 6.07) is 7.64. The number of nitrogens with one attached hydrogen (secondary N) is 2. The van der Waals surface area contributed by atoms with Crippen LogP contribution in [-0.4, -0.2) is 31.3 Å². The molecule has 2 amide bonds. The van der Waals surface area contributed by atoms with Crippen molar-refractivity contribution in [3.8, 4) is 0 Å². The van der Waals surface area contributed by atoms with Crippen LogP contribution in [0.3, 0.4) is 0 Å². The Morgan fingerprint density at radius 1 is 1.12 bits per heavy atom. The number of carbonyl (C=O) groups is 2. The first-order valence-electron chi connectivity index (χ1n) is 8.22. The van der Waals surface area contributed by atoms with Crippen molar-refractivity contribution in [3.63, 3.8) is 0 Å². The van der Waals surface area contributed by atoms with E-state index in [9.17, 15) is 9.59 Å². The van der Waals surface area contributed by atoms with Gasteiger partial charge >= 0.3 is 148 Å². The number of rotatable bonds is 8. The number of hydrogen-bond donors (Lipinski definition) is 2. The van der Waals surface area contributed by atoms with Crippen molar-refractivity contribution < 1.29 is 9.59 Å². The second-order valence-electron chi connectivity index (χ2n) is 5.66. The van der Waals surface area contributed by atoms with Gasteiger partial charge in [-0.15, -0.1) is 0 Å². The Kier molecular flexibility index (Phi) is 7.22. The van der Waals surface area contributed by atoms with Crippen molar-refractivity contribution >= 4 is 36.7 Å². The third-order valence-electron chi connectivity index (χ3n) is 3.63. The van der Waals surface area contributed by atoms with E-state index in [4.69, 9.17) is 0 Å². The van der Waals surface area contributed by atoms with Crippen molar-refractivity contribution in [2.24, 2.45) is 0 Å². The predicted octanol–water partition coefficient (Wildman–Crippen LogP) is 3.61. The minimum absolute atomic E-state index is 0.0132.